The molecular formula is C25H26FN5O2. The number of halogens is 1. The van der Waals surface area contributed by atoms with E-state index in [2.05, 4.69) is 20.2 Å². The lowest BCUT2D eigenvalue weighted by Gasteiger charge is -2.32. The molecule has 0 radical (unpaired) electrons. The molecule has 4 aromatic rings. The monoisotopic (exact) mass is 447 g/mol. The van der Waals surface area contributed by atoms with Crippen LogP contribution in [0.25, 0.3) is 21.9 Å². The van der Waals surface area contributed by atoms with Crippen molar-refractivity contribution in [3.63, 3.8) is 0 Å². The van der Waals surface area contributed by atoms with E-state index in [0.29, 0.717) is 30.0 Å². The molecule has 1 amide bonds. The Morgan fingerprint density at radius 2 is 1.88 bits per heavy atom. The molecule has 1 aliphatic rings. The second-order valence-corrected chi connectivity index (χ2v) is 8.69. The number of piperidine rings is 1. The molecule has 0 atom stereocenters. The van der Waals surface area contributed by atoms with Gasteiger partial charge in [-0.1, -0.05) is 36.4 Å². The van der Waals surface area contributed by atoms with Gasteiger partial charge in [-0.05, 0) is 44.0 Å². The standard InChI is InChI=1S/C25H26FN5O2/c26-20-7-3-1-5-18(20)14-30-11-9-17(10-12-30)13-27-22(32)15-31-16-28-23-19-6-2-4-8-21(19)29-24(23)25(31)33/h1-8,16-17,29H,9-15H2,(H,27,32). The van der Waals surface area contributed by atoms with Gasteiger partial charge in [0.1, 0.15) is 23.4 Å². The van der Waals surface area contributed by atoms with Gasteiger partial charge in [0, 0.05) is 29.6 Å². The molecule has 0 bridgehead atoms. The van der Waals surface area contributed by atoms with E-state index in [9.17, 15) is 14.0 Å². The van der Waals surface area contributed by atoms with E-state index >= 15 is 0 Å². The van der Waals surface area contributed by atoms with Crippen molar-refractivity contribution in [2.75, 3.05) is 19.6 Å². The van der Waals surface area contributed by atoms with Crippen LogP contribution in [-0.4, -0.2) is 45.0 Å². The lowest BCUT2D eigenvalue weighted by Crippen LogP contribution is -2.40. The molecular weight excluding hydrogens is 421 g/mol. The highest BCUT2D eigenvalue weighted by atomic mass is 19.1. The third-order valence-electron chi connectivity index (χ3n) is 6.44. The lowest BCUT2D eigenvalue weighted by molar-refractivity contribution is -0.122. The molecule has 1 fully saturated rings. The largest absolute Gasteiger partial charge is 0.354 e. The summed E-state index contributed by atoms with van der Waals surface area (Å²) in [5.74, 6) is 0.00209. The molecule has 7 nitrogen and oxygen atoms in total. The zero-order valence-electron chi connectivity index (χ0n) is 18.3. The Hall–Kier alpha value is -3.52. The van der Waals surface area contributed by atoms with Crippen molar-refractivity contribution in [2.45, 2.75) is 25.9 Å². The van der Waals surface area contributed by atoms with Gasteiger partial charge in [-0.15, -0.1) is 0 Å². The van der Waals surface area contributed by atoms with Crippen LogP contribution in [0.4, 0.5) is 4.39 Å². The number of para-hydroxylation sites is 1. The minimum absolute atomic E-state index is 0.0662. The van der Waals surface area contributed by atoms with Crippen LogP contribution >= 0.6 is 0 Å². The Morgan fingerprint density at radius 1 is 1.12 bits per heavy atom. The maximum atomic E-state index is 13.9. The van der Waals surface area contributed by atoms with Crippen LogP contribution in [0.2, 0.25) is 0 Å². The van der Waals surface area contributed by atoms with E-state index in [1.165, 1.54) is 17.0 Å². The van der Waals surface area contributed by atoms with Gasteiger partial charge in [0.2, 0.25) is 5.91 Å². The molecule has 1 saturated heterocycles. The number of benzene rings is 2. The molecule has 0 unspecified atom stereocenters. The summed E-state index contributed by atoms with van der Waals surface area (Å²) in [6, 6.07) is 14.5. The van der Waals surface area contributed by atoms with E-state index in [4.69, 9.17) is 0 Å². The van der Waals surface area contributed by atoms with Crippen LogP contribution in [-0.2, 0) is 17.9 Å². The molecule has 5 rings (SSSR count). The summed E-state index contributed by atoms with van der Waals surface area (Å²) in [4.78, 5) is 35.1. The number of fused-ring (bicyclic) bond motifs is 3. The third kappa shape index (κ3) is 4.52. The number of hydrogen-bond acceptors (Lipinski definition) is 4. The normalized spacial score (nSPS) is 15.3. The molecule has 1 aliphatic heterocycles. The fourth-order valence-corrected chi connectivity index (χ4v) is 4.54. The second-order valence-electron chi connectivity index (χ2n) is 8.69. The van der Waals surface area contributed by atoms with Crippen molar-refractivity contribution in [3.8, 4) is 0 Å². The summed E-state index contributed by atoms with van der Waals surface area (Å²) >= 11 is 0. The fourth-order valence-electron chi connectivity index (χ4n) is 4.54. The summed E-state index contributed by atoms with van der Waals surface area (Å²) in [6.45, 7) is 2.86. The quantitative estimate of drug-likeness (QED) is 0.476. The zero-order chi connectivity index (χ0) is 22.8. The molecule has 8 heteroatoms. The molecule has 2 aromatic carbocycles. The molecule has 170 valence electrons. The van der Waals surface area contributed by atoms with Gasteiger partial charge >= 0.3 is 0 Å². The minimum Gasteiger partial charge on any atom is -0.354 e. The first-order valence-corrected chi connectivity index (χ1v) is 11.3. The number of rotatable bonds is 6. The molecule has 0 spiro atoms. The van der Waals surface area contributed by atoms with Crippen LogP contribution in [0.15, 0.2) is 59.7 Å². The number of carbonyl (C=O) groups excluding carboxylic acids is 1. The smallest absolute Gasteiger partial charge is 0.278 e. The number of H-pyrrole nitrogens is 1. The summed E-state index contributed by atoms with van der Waals surface area (Å²) in [5, 5.41) is 3.85. The molecule has 0 aliphatic carbocycles. The Morgan fingerprint density at radius 3 is 2.70 bits per heavy atom. The highest BCUT2D eigenvalue weighted by molar-refractivity contribution is 6.04. The van der Waals surface area contributed by atoms with Gasteiger partial charge < -0.3 is 10.3 Å². The van der Waals surface area contributed by atoms with Gasteiger partial charge in [0.15, 0.2) is 0 Å². The van der Waals surface area contributed by atoms with Crippen molar-refractivity contribution < 1.29 is 9.18 Å². The maximum Gasteiger partial charge on any atom is 0.278 e. The van der Waals surface area contributed by atoms with Gasteiger partial charge in [0.05, 0.1) is 6.33 Å². The van der Waals surface area contributed by atoms with Crippen LogP contribution < -0.4 is 10.9 Å². The molecule has 2 N–H and O–H groups in total. The average molecular weight is 448 g/mol. The van der Waals surface area contributed by atoms with Crippen molar-refractivity contribution in [1.82, 2.24) is 24.8 Å². The number of amides is 1. The Balaban J connectivity index is 1.14. The molecule has 33 heavy (non-hydrogen) atoms. The number of carbonyl (C=O) groups is 1. The van der Waals surface area contributed by atoms with Crippen LogP contribution in [0.5, 0.6) is 0 Å². The zero-order valence-corrected chi connectivity index (χ0v) is 18.3. The summed E-state index contributed by atoms with van der Waals surface area (Å²) in [5.41, 5.74) is 2.34. The molecule has 2 aromatic heterocycles. The number of hydrogen-bond donors (Lipinski definition) is 2. The van der Waals surface area contributed by atoms with E-state index in [-0.39, 0.29) is 23.8 Å². The SMILES string of the molecule is O=C(Cn1cnc2c([nH]c3ccccc32)c1=O)NCC1CCN(Cc2ccccc2F)CC1. The maximum absolute atomic E-state index is 13.9. The van der Waals surface area contributed by atoms with Gasteiger partial charge in [-0.25, -0.2) is 9.37 Å². The molecule has 0 saturated carbocycles. The van der Waals surface area contributed by atoms with Crippen molar-refractivity contribution >= 4 is 27.8 Å². The minimum atomic E-state index is -0.257. The van der Waals surface area contributed by atoms with Crippen LogP contribution in [0.3, 0.4) is 0 Å². The third-order valence-corrected chi connectivity index (χ3v) is 6.44. The first kappa shape index (κ1) is 21.3. The number of likely N-dealkylation sites (tertiary alicyclic amines) is 1. The van der Waals surface area contributed by atoms with Gasteiger partial charge in [0.25, 0.3) is 5.56 Å². The van der Waals surface area contributed by atoms with Crippen LogP contribution in [0.1, 0.15) is 18.4 Å². The van der Waals surface area contributed by atoms with E-state index in [1.807, 2.05) is 36.4 Å². The topological polar surface area (TPSA) is 83.0 Å². The number of nitrogens with zero attached hydrogens (tertiary/aromatic N) is 3. The summed E-state index contributed by atoms with van der Waals surface area (Å²) in [6.07, 6.45) is 3.32. The van der Waals surface area contributed by atoms with Crippen molar-refractivity contribution in [3.05, 3.63) is 76.6 Å². The predicted molar refractivity (Wildman–Crippen MR) is 125 cm³/mol. The fraction of sp³-hybridized carbons (Fsp3) is 0.320. The average Bonchev–Trinajstić information content (AvgIpc) is 3.21. The highest BCUT2D eigenvalue weighted by Gasteiger charge is 2.21. The van der Waals surface area contributed by atoms with E-state index in [0.717, 1.165) is 42.4 Å². The molecule has 3 heterocycles. The first-order chi connectivity index (χ1) is 16.1. The van der Waals surface area contributed by atoms with Gasteiger partial charge in [-0.3, -0.25) is 19.1 Å². The first-order valence-electron chi connectivity index (χ1n) is 11.3. The van der Waals surface area contributed by atoms with E-state index < -0.39 is 0 Å². The summed E-state index contributed by atoms with van der Waals surface area (Å²) in [7, 11) is 0. The highest BCUT2D eigenvalue weighted by Crippen LogP contribution is 2.21. The number of nitrogens with one attached hydrogen (secondary N) is 2. The Bertz CT molecular complexity index is 1350. The number of aromatic amines is 1. The van der Waals surface area contributed by atoms with Crippen LogP contribution in [0, 0.1) is 11.7 Å². The van der Waals surface area contributed by atoms with Gasteiger partial charge in [-0.2, -0.15) is 0 Å². The predicted octanol–water partition coefficient (Wildman–Crippen LogP) is 3.05. The Kier molecular flexibility index (Phi) is 5.92. The second kappa shape index (κ2) is 9.15. The summed E-state index contributed by atoms with van der Waals surface area (Å²) < 4.78 is 15.2. The van der Waals surface area contributed by atoms with E-state index in [1.54, 1.807) is 6.07 Å². The Labute approximate surface area is 190 Å². The van der Waals surface area contributed by atoms with Crippen molar-refractivity contribution in [2.24, 2.45) is 5.92 Å². The lowest BCUT2D eigenvalue weighted by atomic mass is 9.96. The number of aromatic nitrogens is 3. The van der Waals surface area contributed by atoms with Crippen molar-refractivity contribution in [1.29, 1.82) is 0 Å².